The molecule has 0 aromatic rings. The number of carbonyl (C=O) groups is 7. The van der Waals surface area contributed by atoms with Crippen LogP contribution >= 0.6 is 0 Å². The Hall–Kier alpha value is -4.41. The lowest BCUT2D eigenvalue weighted by atomic mass is 10.0. The summed E-state index contributed by atoms with van der Waals surface area (Å²) in [5.41, 5.74) is 0.224. The van der Waals surface area contributed by atoms with E-state index in [1.54, 1.807) is 0 Å². The van der Waals surface area contributed by atoms with E-state index in [2.05, 4.69) is 40.5 Å². The summed E-state index contributed by atoms with van der Waals surface area (Å²) in [5, 5.41) is 2.02. The highest BCUT2D eigenvalue weighted by Gasteiger charge is 2.29. The summed E-state index contributed by atoms with van der Waals surface area (Å²) in [7, 11) is 1.24. The number of esters is 3. The average molecular weight is 536 g/mol. The molecule has 0 spiro atoms. The molecule has 0 rings (SSSR count). The van der Waals surface area contributed by atoms with Crippen molar-refractivity contribution in [1.82, 2.24) is 5.32 Å². The first-order chi connectivity index (χ1) is 17.8. The summed E-state index contributed by atoms with van der Waals surface area (Å²) in [5.74, 6) is -5.11. The minimum Gasteiger partial charge on any atom is -0.466 e. The zero-order valence-electron chi connectivity index (χ0n) is 22.4. The number of hydrogen-bond donors (Lipinski definition) is 1. The molecule has 0 atom stereocenters. The molecule has 0 bridgehead atoms. The van der Waals surface area contributed by atoms with Crippen LogP contribution < -0.4 is 5.32 Å². The van der Waals surface area contributed by atoms with E-state index >= 15 is 0 Å². The van der Waals surface area contributed by atoms with Crippen molar-refractivity contribution in [2.75, 3.05) is 20.3 Å². The highest BCUT2D eigenvalue weighted by Crippen LogP contribution is 2.03. The van der Waals surface area contributed by atoms with Crippen molar-refractivity contribution in [2.24, 2.45) is 5.92 Å². The van der Waals surface area contributed by atoms with Crippen LogP contribution in [0.5, 0.6) is 0 Å². The molecule has 210 valence electrons. The molecule has 0 aliphatic heterocycles. The van der Waals surface area contributed by atoms with Crippen LogP contribution in [0.25, 0.3) is 0 Å². The lowest BCUT2D eigenvalue weighted by Crippen LogP contribution is -2.30. The molecule has 0 heterocycles. The molecular formula is C27H37NO10. The largest absolute Gasteiger partial charge is 0.466 e. The van der Waals surface area contributed by atoms with E-state index in [-0.39, 0.29) is 24.6 Å². The Morgan fingerprint density at radius 1 is 0.895 bits per heavy atom. The first-order valence-corrected chi connectivity index (χ1v) is 11.3. The normalized spacial score (nSPS) is 9.29. The zero-order valence-corrected chi connectivity index (χ0v) is 22.4. The standard InChI is InChI=1S/C11H13NO4.C9H12O4.C7H12O2/c1-4-9(13)12-10(14)7-5-6-8(2)11(15)16-3;1-4-5-13-9(12)8(6(2)10)7(3)11;1-3-5-6-9-7(8)4-2/h4-5,7H,1-2,6H2,3H3,(H,12,13,14);4,8H,1,5H2,2-3H3;4H,2-3,5-6H2,1H3. The summed E-state index contributed by atoms with van der Waals surface area (Å²) in [6.07, 6.45) is 8.23. The van der Waals surface area contributed by atoms with Crippen molar-refractivity contribution in [2.45, 2.75) is 40.0 Å². The second kappa shape index (κ2) is 24.3. The van der Waals surface area contributed by atoms with Crippen LogP contribution in [-0.4, -0.2) is 61.6 Å². The number of amides is 2. The van der Waals surface area contributed by atoms with Gasteiger partial charge in [0.1, 0.15) is 6.61 Å². The van der Waals surface area contributed by atoms with Crippen LogP contribution in [0.3, 0.4) is 0 Å². The van der Waals surface area contributed by atoms with E-state index in [0.29, 0.717) is 6.61 Å². The van der Waals surface area contributed by atoms with Gasteiger partial charge in [0.15, 0.2) is 17.5 Å². The summed E-state index contributed by atoms with van der Waals surface area (Å²) < 4.78 is 13.7. The van der Waals surface area contributed by atoms with Crippen molar-refractivity contribution in [3.8, 4) is 0 Å². The van der Waals surface area contributed by atoms with Gasteiger partial charge >= 0.3 is 17.9 Å². The molecule has 2 amide bonds. The smallest absolute Gasteiger partial charge is 0.333 e. The highest BCUT2D eigenvalue weighted by atomic mass is 16.5. The summed E-state index contributed by atoms with van der Waals surface area (Å²) in [6.45, 7) is 18.2. The summed E-state index contributed by atoms with van der Waals surface area (Å²) in [6, 6.07) is 0. The van der Waals surface area contributed by atoms with Crippen LogP contribution in [0.1, 0.15) is 40.0 Å². The monoisotopic (exact) mass is 535 g/mol. The molecule has 0 aliphatic rings. The number of nitrogens with one attached hydrogen (secondary N) is 1. The molecule has 0 fully saturated rings. The quantitative estimate of drug-likeness (QED) is 0.0874. The number of Topliss-reactive ketones (excluding diaryl/α,β-unsaturated/α-hetero) is 2. The SMILES string of the molecule is C=CC(=O)NC(=O)C=CCC(=C)C(=O)OC.C=CC(=O)OCCCC.C=CCOC(=O)C(C(C)=O)C(C)=O. The van der Waals surface area contributed by atoms with Gasteiger partial charge in [-0.15, -0.1) is 0 Å². The Morgan fingerprint density at radius 2 is 1.47 bits per heavy atom. The van der Waals surface area contributed by atoms with Gasteiger partial charge in [-0.2, -0.15) is 0 Å². The highest BCUT2D eigenvalue weighted by molar-refractivity contribution is 6.15. The van der Waals surface area contributed by atoms with E-state index in [0.717, 1.165) is 25.0 Å². The van der Waals surface area contributed by atoms with Crippen LogP contribution in [0.4, 0.5) is 0 Å². The number of hydrogen-bond acceptors (Lipinski definition) is 10. The fourth-order valence-electron chi connectivity index (χ4n) is 1.97. The van der Waals surface area contributed by atoms with Gasteiger partial charge < -0.3 is 14.2 Å². The van der Waals surface area contributed by atoms with Crippen molar-refractivity contribution < 1.29 is 47.8 Å². The van der Waals surface area contributed by atoms with Gasteiger partial charge in [-0.25, -0.2) is 9.59 Å². The minimum atomic E-state index is -1.28. The summed E-state index contributed by atoms with van der Waals surface area (Å²) in [4.78, 5) is 75.7. The van der Waals surface area contributed by atoms with E-state index in [1.165, 1.54) is 39.2 Å². The minimum absolute atomic E-state index is 0.00981. The maximum atomic E-state index is 11.1. The number of allylic oxidation sites excluding steroid dienone is 1. The average Bonchev–Trinajstić information content (AvgIpc) is 2.86. The molecule has 0 saturated heterocycles. The summed E-state index contributed by atoms with van der Waals surface area (Å²) >= 11 is 0. The number of methoxy groups -OCH3 is 1. The van der Waals surface area contributed by atoms with Crippen LogP contribution in [0.2, 0.25) is 0 Å². The van der Waals surface area contributed by atoms with Gasteiger partial charge in [0.05, 0.1) is 13.7 Å². The van der Waals surface area contributed by atoms with Crippen molar-refractivity contribution in [1.29, 1.82) is 0 Å². The van der Waals surface area contributed by atoms with Crippen molar-refractivity contribution in [3.63, 3.8) is 0 Å². The molecule has 11 nitrogen and oxygen atoms in total. The predicted molar refractivity (Wildman–Crippen MR) is 140 cm³/mol. The third-order valence-corrected chi connectivity index (χ3v) is 3.84. The topological polar surface area (TPSA) is 159 Å². The van der Waals surface area contributed by atoms with Crippen LogP contribution in [0, 0.1) is 5.92 Å². The zero-order chi connectivity index (χ0) is 30.1. The number of rotatable bonds is 14. The van der Waals surface area contributed by atoms with Gasteiger partial charge in [0.2, 0.25) is 11.8 Å². The molecular weight excluding hydrogens is 498 g/mol. The van der Waals surface area contributed by atoms with Crippen LogP contribution in [0.15, 0.2) is 62.3 Å². The molecule has 38 heavy (non-hydrogen) atoms. The van der Waals surface area contributed by atoms with E-state index < -0.39 is 41.2 Å². The Balaban J connectivity index is -0.000000503. The van der Waals surface area contributed by atoms with Crippen molar-refractivity contribution in [3.05, 3.63) is 62.3 Å². The molecule has 0 aliphatic carbocycles. The van der Waals surface area contributed by atoms with E-state index in [4.69, 9.17) is 0 Å². The van der Waals surface area contributed by atoms with Gasteiger partial charge in [-0.1, -0.05) is 51.8 Å². The number of ether oxygens (including phenoxy) is 3. The Labute approximate surface area is 223 Å². The van der Waals surface area contributed by atoms with Gasteiger partial charge in [0, 0.05) is 11.6 Å². The molecule has 0 saturated carbocycles. The van der Waals surface area contributed by atoms with E-state index in [1.807, 2.05) is 12.2 Å². The fraction of sp³-hybridized carbons (Fsp3) is 0.370. The molecule has 11 heteroatoms. The first-order valence-electron chi connectivity index (χ1n) is 11.3. The van der Waals surface area contributed by atoms with E-state index in [9.17, 15) is 33.6 Å². The van der Waals surface area contributed by atoms with Gasteiger partial charge in [-0.05, 0) is 38.8 Å². The first kappa shape index (κ1) is 38.1. The number of carbonyl (C=O) groups excluding carboxylic acids is 7. The second-order valence-corrected chi connectivity index (χ2v) is 7.06. The molecule has 0 unspecified atom stereocenters. The fourth-order valence-corrected chi connectivity index (χ4v) is 1.97. The lowest BCUT2D eigenvalue weighted by Gasteiger charge is -2.08. The number of imide groups is 1. The predicted octanol–water partition coefficient (Wildman–Crippen LogP) is 2.52. The lowest BCUT2D eigenvalue weighted by molar-refractivity contribution is -0.153. The Morgan fingerprint density at radius 3 is 1.89 bits per heavy atom. The third-order valence-electron chi connectivity index (χ3n) is 3.84. The maximum absolute atomic E-state index is 11.1. The van der Waals surface area contributed by atoms with Gasteiger partial charge in [-0.3, -0.25) is 29.3 Å². The number of unbranched alkanes of at least 4 members (excludes halogenated alkanes) is 1. The van der Waals surface area contributed by atoms with Crippen LogP contribution in [-0.2, 0) is 47.8 Å². The maximum Gasteiger partial charge on any atom is 0.333 e. The second-order valence-electron chi connectivity index (χ2n) is 7.06. The van der Waals surface area contributed by atoms with Gasteiger partial charge in [0.25, 0.3) is 0 Å². The Kier molecular flexibility index (Phi) is 24.4. The molecule has 1 N–H and O–H groups in total. The molecule has 0 aromatic carbocycles. The van der Waals surface area contributed by atoms with Crippen molar-refractivity contribution >= 4 is 41.3 Å². The third kappa shape index (κ3) is 22.1. The molecule has 0 aromatic heterocycles. The Bertz CT molecular complexity index is 901. The number of ketones is 2. The molecule has 0 radical (unpaired) electrons.